The van der Waals surface area contributed by atoms with E-state index in [9.17, 15) is 9.59 Å². The summed E-state index contributed by atoms with van der Waals surface area (Å²) < 4.78 is 0. The van der Waals surface area contributed by atoms with Gasteiger partial charge in [0.2, 0.25) is 0 Å². The van der Waals surface area contributed by atoms with E-state index in [2.05, 4.69) is 12.2 Å². The van der Waals surface area contributed by atoms with Crippen molar-refractivity contribution in [1.29, 1.82) is 0 Å². The van der Waals surface area contributed by atoms with Gasteiger partial charge in [0.25, 0.3) is 11.8 Å². The first-order chi connectivity index (χ1) is 10.1. The normalized spacial score (nSPS) is 14.8. The number of rotatable bonds is 3. The van der Waals surface area contributed by atoms with E-state index >= 15 is 0 Å². The lowest BCUT2D eigenvalue weighted by Gasteiger charge is -2.14. The van der Waals surface area contributed by atoms with Crippen LogP contribution in [0.2, 0.25) is 5.02 Å². The first-order valence-corrected chi connectivity index (χ1v) is 7.17. The molecular formula is C17H14ClNO2. The Labute approximate surface area is 127 Å². The van der Waals surface area contributed by atoms with Gasteiger partial charge < -0.3 is 0 Å². The number of halogens is 1. The summed E-state index contributed by atoms with van der Waals surface area (Å²) in [5, 5.41) is 3.05. The molecule has 0 aromatic heterocycles. The van der Waals surface area contributed by atoms with Crippen molar-refractivity contribution in [2.24, 2.45) is 0 Å². The minimum Gasteiger partial charge on any atom is -0.288 e. The van der Waals surface area contributed by atoms with E-state index in [1.807, 2.05) is 36.4 Å². The highest BCUT2D eigenvalue weighted by Gasteiger charge is 2.29. The zero-order chi connectivity index (χ0) is 15.0. The molecular weight excluding hydrogens is 286 g/mol. The van der Waals surface area contributed by atoms with Crippen molar-refractivity contribution in [3.05, 3.63) is 69.7 Å². The van der Waals surface area contributed by atoms with Crippen molar-refractivity contribution in [2.45, 2.75) is 19.3 Å². The number of hydrogen-bond donors (Lipinski definition) is 1. The average molecular weight is 300 g/mol. The molecule has 21 heavy (non-hydrogen) atoms. The van der Waals surface area contributed by atoms with Crippen LogP contribution in [0, 0.1) is 0 Å². The molecule has 0 aliphatic carbocycles. The van der Waals surface area contributed by atoms with Crippen LogP contribution in [0.5, 0.6) is 0 Å². The number of imide groups is 1. The molecule has 0 fully saturated rings. The molecule has 3 rings (SSSR count). The summed E-state index contributed by atoms with van der Waals surface area (Å²) >= 11 is 6.02. The highest BCUT2D eigenvalue weighted by Crippen LogP contribution is 2.27. The second kappa shape index (κ2) is 5.34. The molecule has 0 radical (unpaired) electrons. The molecule has 0 bridgehead atoms. The number of amides is 2. The smallest absolute Gasteiger partial charge is 0.259 e. The van der Waals surface area contributed by atoms with Gasteiger partial charge in [-0.1, -0.05) is 42.8 Å². The summed E-state index contributed by atoms with van der Waals surface area (Å²) in [5.41, 5.74) is 2.99. The largest absolute Gasteiger partial charge is 0.288 e. The molecule has 1 unspecified atom stereocenters. The first kappa shape index (κ1) is 13.8. The van der Waals surface area contributed by atoms with Crippen LogP contribution in [0.25, 0.3) is 0 Å². The number of carbonyl (C=O) groups is 2. The van der Waals surface area contributed by atoms with Crippen LogP contribution in [0.1, 0.15) is 44.7 Å². The molecule has 0 spiro atoms. The number of hydrogen-bond acceptors (Lipinski definition) is 2. The predicted octanol–water partition coefficient (Wildman–Crippen LogP) is 3.57. The monoisotopic (exact) mass is 299 g/mol. The molecule has 0 saturated carbocycles. The second-order valence-corrected chi connectivity index (χ2v) is 5.72. The Morgan fingerprint density at radius 1 is 1.10 bits per heavy atom. The number of nitrogens with one attached hydrogen (secondary N) is 1. The van der Waals surface area contributed by atoms with Gasteiger partial charge in [0.1, 0.15) is 0 Å². The maximum absolute atomic E-state index is 11.9. The molecule has 1 heterocycles. The van der Waals surface area contributed by atoms with Gasteiger partial charge in [-0.2, -0.15) is 0 Å². The molecule has 2 aromatic rings. The van der Waals surface area contributed by atoms with E-state index in [1.54, 1.807) is 6.07 Å². The minimum absolute atomic E-state index is 0.207. The fourth-order valence-electron chi connectivity index (χ4n) is 2.72. The van der Waals surface area contributed by atoms with Crippen LogP contribution in [-0.4, -0.2) is 11.8 Å². The SMILES string of the molecule is CC(Cc1cccc2c1C(=O)NC2=O)c1cccc(Cl)c1. The van der Waals surface area contributed by atoms with Gasteiger partial charge in [-0.25, -0.2) is 0 Å². The quantitative estimate of drug-likeness (QED) is 0.881. The Hall–Kier alpha value is -2.13. The molecule has 0 saturated heterocycles. The summed E-state index contributed by atoms with van der Waals surface area (Å²) in [6.45, 7) is 2.08. The van der Waals surface area contributed by atoms with Crippen molar-refractivity contribution in [3.63, 3.8) is 0 Å². The molecule has 3 nitrogen and oxygen atoms in total. The lowest BCUT2D eigenvalue weighted by atomic mass is 9.90. The van der Waals surface area contributed by atoms with Crippen molar-refractivity contribution < 1.29 is 9.59 Å². The van der Waals surface area contributed by atoms with E-state index in [0.717, 1.165) is 11.1 Å². The van der Waals surface area contributed by atoms with E-state index in [0.29, 0.717) is 22.6 Å². The van der Waals surface area contributed by atoms with Gasteiger partial charge in [-0.15, -0.1) is 0 Å². The fraction of sp³-hybridized carbons (Fsp3) is 0.176. The Morgan fingerprint density at radius 3 is 2.62 bits per heavy atom. The van der Waals surface area contributed by atoms with Gasteiger partial charge in [0.05, 0.1) is 11.1 Å². The highest BCUT2D eigenvalue weighted by atomic mass is 35.5. The summed E-state index contributed by atoms with van der Waals surface area (Å²) in [5.74, 6) is -0.408. The van der Waals surface area contributed by atoms with Crippen molar-refractivity contribution in [2.75, 3.05) is 0 Å². The maximum Gasteiger partial charge on any atom is 0.259 e. The van der Waals surface area contributed by atoms with E-state index in [1.165, 1.54) is 0 Å². The highest BCUT2D eigenvalue weighted by molar-refractivity contribution is 6.30. The van der Waals surface area contributed by atoms with E-state index in [4.69, 9.17) is 11.6 Å². The minimum atomic E-state index is -0.313. The van der Waals surface area contributed by atoms with Crippen LogP contribution in [0.3, 0.4) is 0 Å². The third-order valence-electron chi connectivity index (χ3n) is 3.79. The van der Waals surface area contributed by atoms with Crippen LogP contribution >= 0.6 is 11.6 Å². The van der Waals surface area contributed by atoms with Crippen molar-refractivity contribution in [3.8, 4) is 0 Å². The molecule has 106 valence electrons. The molecule has 1 aliphatic heterocycles. The Morgan fingerprint density at radius 2 is 1.86 bits per heavy atom. The Balaban J connectivity index is 1.93. The molecule has 1 aliphatic rings. The van der Waals surface area contributed by atoms with Crippen molar-refractivity contribution >= 4 is 23.4 Å². The Bertz CT molecular complexity index is 739. The van der Waals surface area contributed by atoms with E-state index < -0.39 is 0 Å². The lowest BCUT2D eigenvalue weighted by molar-refractivity contribution is 0.0879. The zero-order valence-corrected chi connectivity index (χ0v) is 12.3. The summed E-state index contributed by atoms with van der Waals surface area (Å²) in [6.07, 6.45) is 0.685. The molecule has 1 atom stereocenters. The molecule has 1 N–H and O–H groups in total. The Kier molecular flexibility index (Phi) is 3.52. The number of carbonyl (C=O) groups excluding carboxylic acids is 2. The molecule has 2 aromatic carbocycles. The van der Waals surface area contributed by atoms with Crippen molar-refractivity contribution in [1.82, 2.24) is 5.32 Å². The zero-order valence-electron chi connectivity index (χ0n) is 11.5. The third-order valence-corrected chi connectivity index (χ3v) is 4.03. The average Bonchev–Trinajstić information content (AvgIpc) is 2.75. The van der Waals surface area contributed by atoms with Gasteiger partial charge >= 0.3 is 0 Å². The van der Waals surface area contributed by atoms with Crippen LogP contribution in [0.4, 0.5) is 0 Å². The fourth-order valence-corrected chi connectivity index (χ4v) is 2.92. The summed E-state index contributed by atoms with van der Waals surface area (Å²) in [7, 11) is 0. The number of benzene rings is 2. The van der Waals surface area contributed by atoms with Crippen LogP contribution in [0.15, 0.2) is 42.5 Å². The van der Waals surface area contributed by atoms with Gasteiger partial charge in [-0.05, 0) is 41.7 Å². The summed E-state index contributed by atoms with van der Waals surface area (Å²) in [6, 6.07) is 13.1. The van der Waals surface area contributed by atoms with Crippen LogP contribution in [-0.2, 0) is 6.42 Å². The first-order valence-electron chi connectivity index (χ1n) is 6.79. The maximum atomic E-state index is 11.9. The van der Waals surface area contributed by atoms with Gasteiger partial charge in [-0.3, -0.25) is 14.9 Å². The third kappa shape index (κ3) is 2.57. The molecule has 2 amide bonds. The van der Waals surface area contributed by atoms with Gasteiger partial charge in [0, 0.05) is 5.02 Å². The predicted molar refractivity (Wildman–Crippen MR) is 81.8 cm³/mol. The number of fused-ring (bicyclic) bond motifs is 1. The van der Waals surface area contributed by atoms with Gasteiger partial charge in [0.15, 0.2) is 0 Å². The standard InChI is InChI=1S/C17H14ClNO2/c1-10(11-4-2-6-13(18)9-11)8-12-5-3-7-14-15(12)17(21)19-16(14)20/h2-7,9-10H,8H2,1H3,(H,19,20,21). The topological polar surface area (TPSA) is 46.2 Å². The lowest BCUT2D eigenvalue weighted by Crippen LogP contribution is -2.20. The summed E-state index contributed by atoms with van der Waals surface area (Å²) in [4.78, 5) is 23.6. The van der Waals surface area contributed by atoms with Crippen LogP contribution < -0.4 is 5.32 Å². The van der Waals surface area contributed by atoms with E-state index in [-0.39, 0.29) is 17.7 Å². The second-order valence-electron chi connectivity index (χ2n) is 5.28. The molecule has 4 heteroatoms.